The maximum Gasteiger partial charge on any atom is 0.191 e. The van der Waals surface area contributed by atoms with E-state index in [0.717, 1.165) is 18.3 Å². The summed E-state index contributed by atoms with van der Waals surface area (Å²) in [7, 11) is 1.67. The molecule has 5 heteroatoms. The fraction of sp³-hybridized carbons (Fsp3) is 0.562. The first-order valence-corrected chi connectivity index (χ1v) is 7.24. The minimum Gasteiger partial charge on any atom is -0.497 e. The van der Waals surface area contributed by atoms with Crippen LogP contribution in [0, 0.1) is 5.92 Å². The molecule has 0 aliphatic heterocycles. The third-order valence-corrected chi connectivity index (χ3v) is 3.29. The second-order valence-corrected chi connectivity index (χ2v) is 5.22. The van der Waals surface area contributed by atoms with Crippen molar-refractivity contribution in [2.24, 2.45) is 10.9 Å². The van der Waals surface area contributed by atoms with Crippen molar-refractivity contribution in [3.05, 3.63) is 29.8 Å². The number of aliphatic imine (C=N–C) groups is 1. The Kier molecular flexibility index (Phi) is 10.2. The molecule has 1 atom stereocenters. The quantitative estimate of drug-likeness (QED) is 0.433. The summed E-state index contributed by atoms with van der Waals surface area (Å²) in [6.45, 7) is 10.2. The molecule has 0 spiro atoms. The zero-order valence-electron chi connectivity index (χ0n) is 13.6. The van der Waals surface area contributed by atoms with Gasteiger partial charge in [0.1, 0.15) is 5.75 Å². The summed E-state index contributed by atoms with van der Waals surface area (Å²) in [5, 5.41) is 6.70. The Morgan fingerprint density at radius 1 is 1.19 bits per heavy atom. The number of guanidine groups is 1. The number of nitrogens with one attached hydrogen (secondary N) is 2. The lowest BCUT2D eigenvalue weighted by Crippen LogP contribution is -2.44. The molecular formula is C16H28IN3O. The third kappa shape index (κ3) is 7.55. The van der Waals surface area contributed by atoms with Crippen molar-refractivity contribution in [1.29, 1.82) is 0 Å². The summed E-state index contributed by atoms with van der Waals surface area (Å²) < 4.78 is 5.15. The Morgan fingerprint density at radius 2 is 1.81 bits per heavy atom. The lowest BCUT2D eigenvalue weighted by molar-refractivity contribution is 0.414. The second-order valence-electron chi connectivity index (χ2n) is 5.22. The largest absolute Gasteiger partial charge is 0.497 e. The van der Waals surface area contributed by atoms with Crippen molar-refractivity contribution in [2.45, 2.75) is 40.3 Å². The minimum atomic E-state index is 0. The standard InChI is InChI=1S/C16H27N3O.HI/c1-6-17-16(19-13(4)12(2)3)18-11-14-7-9-15(20-5)10-8-14;/h7-10,12-13H,6,11H2,1-5H3,(H2,17,18,19);1H. The molecule has 0 aliphatic rings. The molecule has 0 aromatic heterocycles. The Hall–Kier alpha value is -0.980. The molecule has 1 unspecified atom stereocenters. The van der Waals surface area contributed by atoms with Gasteiger partial charge in [0.2, 0.25) is 0 Å². The van der Waals surface area contributed by atoms with Crippen molar-refractivity contribution < 1.29 is 4.74 Å². The van der Waals surface area contributed by atoms with Gasteiger partial charge in [-0.15, -0.1) is 24.0 Å². The van der Waals surface area contributed by atoms with E-state index in [1.54, 1.807) is 7.11 Å². The fourth-order valence-electron chi connectivity index (χ4n) is 1.60. The van der Waals surface area contributed by atoms with Crippen LogP contribution >= 0.6 is 24.0 Å². The summed E-state index contributed by atoms with van der Waals surface area (Å²) in [4.78, 5) is 4.62. The Bertz CT molecular complexity index is 418. The Morgan fingerprint density at radius 3 is 2.29 bits per heavy atom. The molecule has 120 valence electrons. The molecular weight excluding hydrogens is 377 g/mol. The van der Waals surface area contributed by atoms with Crippen molar-refractivity contribution in [3.8, 4) is 5.75 Å². The van der Waals surface area contributed by atoms with Crippen molar-refractivity contribution in [2.75, 3.05) is 13.7 Å². The molecule has 1 aromatic carbocycles. The van der Waals surface area contributed by atoms with Crippen LogP contribution in [0.5, 0.6) is 5.75 Å². The van der Waals surface area contributed by atoms with Crippen LogP contribution in [-0.4, -0.2) is 25.7 Å². The van der Waals surface area contributed by atoms with Gasteiger partial charge >= 0.3 is 0 Å². The minimum absolute atomic E-state index is 0. The molecule has 0 saturated heterocycles. The highest BCUT2D eigenvalue weighted by atomic mass is 127. The van der Waals surface area contributed by atoms with Crippen LogP contribution < -0.4 is 15.4 Å². The maximum absolute atomic E-state index is 5.15. The van der Waals surface area contributed by atoms with Gasteiger partial charge in [0, 0.05) is 12.6 Å². The van der Waals surface area contributed by atoms with Gasteiger partial charge in [-0.2, -0.15) is 0 Å². The molecule has 0 fully saturated rings. The van der Waals surface area contributed by atoms with Crippen LogP contribution in [0.15, 0.2) is 29.3 Å². The lowest BCUT2D eigenvalue weighted by atomic mass is 10.1. The number of ether oxygens (including phenoxy) is 1. The van der Waals surface area contributed by atoms with E-state index in [0.29, 0.717) is 18.5 Å². The number of halogens is 1. The molecule has 21 heavy (non-hydrogen) atoms. The predicted octanol–water partition coefficient (Wildman–Crippen LogP) is 3.41. The van der Waals surface area contributed by atoms with E-state index in [2.05, 4.69) is 43.3 Å². The first kappa shape index (κ1) is 20.0. The van der Waals surface area contributed by atoms with Crippen molar-refractivity contribution >= 4 is 29.9 Å². The predicted molar refractivity (Wildman–Crippen MR) is 101 cm³/mol. The van der Waals surface area contributed by atoms with E-state index in [1.165, 1.54) is 5.56 Å². The van der Waals surface area contributed by atoms with Gasteiger partial charge in [-0.25, -0.2) is 4.99 Å². The normalized spacial score (nSPS) is 12.6. The Balaban J connectivity index is 0.00000400. The van der Waals surface area contributed by atoms with Gasteiger partial charge in [-0.1, -0.05) is 26.0 Å². The van der Waals surface area contributed by atoms with E-state index in [-0.39, 0.29) is 24.0 Å². The average molecular weight is 405 g/mol. The summed E-state index contributed by atoms with van der Waals surface area (Å²) >= 11 is 0. The van der Waals surface area contributed by atoms with Crippen LogP contribution in [0.3, 0.4) is 0 Å². The Labute approximate surface area is 145 Å². The lowest BCUT2D eigenvalue weighted by Gasteiger charge is -2.20. The van der Waals surface area contributed by atoms with Crippen LogP contribution in [0.1, 0.15) is 33.3 Å². The molecule has 0 amide bonds. The molecule has 1 aromatic rings. The fourth-order valence-corrected chi connectivity index (χ4v) is 1.60. The first-order valence-electron chi connectivity index (χ1n) is 7.24. The smallest absolute Gasteiger partial charge is 0.191 e. The van der Waals surface area contributed by atoms with Gasteiger partial charge in [0.05, 0.1) is 13.7 Å². The highest BCUT2D eigenvalue weighted by Crippen LogP contribution is 2.11. The number of methoxy groups -OCH3 is 1. The van der Waals surface area contributed by atoms with E-state index in [9.17, 15) is 0 Å². The van der Waals surface area contributed by atoms with Gasteiger partial charge in [0.25, 0.3) is 0 Å². The summed E-state index contributed by atoms with van der Waals surface area (Å²) in [6.07, 6.45) is 0. The van der Waals surface area contributed by atoms with Crippen molar-refractivity contribution in [3.63, 3.8) is 0 Å². The number of rotatable bonds is 6. The molecule has 0 saturated carbocycles. The number of hydrogen-bond acceptors (Lipinski definition) is 2. The van der Waals surface area contributed by atoms with Crippen LogP contribution in [0.25, 0.3) is 0 Å². The van der Waals surface area contributed by atoms with Crippen LogP contribution in [0.4, 0.5) is 0 Å². The SMILES string of the molecule is CCNC(=NCc1ccc(OC)cc1)NC(C)C(C)C.I. The molecule has 4 nitrogen and oxygen atoms in total. The topological polar surface area (TPSA) is 45.7 Å². The van der Waals surface area contributed by atoms with Gasteiger partial charge in [-0.3, -0.25) is 0 Å². The number of hydrogen-bond donors (Lipinski definition) is 2. The molecule has 2 N–H and O–H groups in total. The molecule has 0 bridgehead atoms. The molecule has 1 rings (SSSR count). The molecule has 0 heterocycles. The van der Waals surface area contributed by atoms with E-state index in [1.807, 2.05) is 24.3 Å². The van der Waals surface area contributed by atoms with Crippen molar-refractivity contribution in [1.82, 2.24) is 10.6 Å². The van der Waals surface area contributed by atoms with E-state index >= 15 is 0 Å². The van der Waals surface area contributed by atoms with Gasteiger partial charge in [0.15, 0.2) is 5.96 Å². The third-order valence-electron chi connectivity index (χ3n) is 3.29. The molecule has 0 radical (unpaired) electrons. The number of benzene rings is 1. The molecule has 0 aliphatic carbocycles. The average Bonchev–Trinajstić information content (AvgIpc) is 2.45. The number of nitrogens with zero attached hydrogens (tertiary/aromatic N) is 1. The van der Waals surface area contributed by atoms with Crippen LogP contribution in [-0.2, 0) is 6.54 Å². The highest BCUT2D eigenvalue weighted by molar-refractivity contribution is 14.0. The highest BCUT2D eigenvalue weighted by Gasteiger charge is 2.08. The summed E-state index contributed by atoms with van der Waals surface area (Å²) in [6, 6.07) is 8.39. The second kappa shape index (κ2) is 10.7. The van der Waals surface area contributed by atoms with E-state index < -0.39 is 0 Å². The zero-order valence-corrected chi connectivity index (χ0v) is 16.0. The van der Waals surface area contributed by atoms with Crippen LogP contribution in [0.2, 0.25) is 0 Å². The van der Waals surface area contributed by atoms with Gasteiger partial charge < -0.3 is 15.4 Å². The van der Waals surface area contributed by atoms with E-state index in [4.69, 9.17) is 4.74 Å². The zero-order chi connectivity index (χ0) is 15.0. The monoisotopic (exact) mass is 405 g/mol. The summed E-state index contributed by atoms with van der Waals surface area (Å²) in [5.74, 6) is 2.31. The maximum atomic E-state index is 5.15. The summed E-state index contributed by atoms with van der Waals surface area (Å²) in [5.41, 5.74) is 1.17. The first-order chi connectivity index (χ1) is 9.56. The van der Waals surface area contributed by atoms with Gasteiger partial charge in [-0.05, 0) is 37.5 Å².